The summed E-state index contributed by atoms with van der Waals surface area (Å²) in [6.07, 6.45) is -0.674. The van der Waals surface area contributed by atoms with Crippen LogP contribution in [0, 0.1) is 6.92 Å². The number of hydrogen-bond donors (Lipinski definition) is 2. The van der Waals surface area contributed by atoms with Gasteiger partial charge in [0.05, 0.1) is 14.2 Å². The molecule has 6 heteroatoms. The van der Waals surface area contributed by atoms with Crippen LogP contribution in [0.3, 0.4) is 0 Å². The number of carbonyl (C=O) groups excluding carboxylic acids is 1. The molecule has 0 aliphatic carbocycles. The van der Waals surface area contributed by atoms with Gasteiger partial charge in [0.2, 0.25) is 0 Å². The Kier molecular flexibility index (Phi) is 5.59. The first-order valence-electron chi connectivity index (χ1n) is 5.83. The Morgan fingerprint density at radius 1 is 1.26 bits per heavy atom. The maximum Gasteiger partial charge on any atom is 0.254 e. The van der Waals surface area contributed by atoms with E-state index >= 15 is 0 Å². The summed E-state index contributed by atoms with van der Waals surface area (Å²) in [6, 6.07) is 3.49. The lowest BCUT2D eigenvalue weighted by molar-refractivity contribution is -0.125. The monoisotopic (exact) mass is 268 g/mol. The lowest BCUT2D eigenvalue weighted by Gasteiger charge is -2.16. The normalized spacial score (nSPS) is 11.8. The summed E-state index contributed by atoms with van der Waals surface area (Å²) in [7, 11) is 4.54. The van der Waals surface area contributed by atoms with Crippen molar-refractivity contribution >= 4 is 11.6 Å². The van der Waals surface area contributed by atoms with Crippen LogP contribution in [0.2, 0.25) is 0 Å². The van der Waals surface area contributed by atoms with E-state index in [1.807, 2.05) is 6.92 Å². The molecular formula is C13H20N2O4. The molecule has 106 valence electrons. The van der Waals surface area contributed by atoms with Gasteiger partial charge >= 0.3 is 0 Å². The van der Waals surface area contributed by atoms with Gasteiger partial charge in [-0.2, -0.15) is 0 Å². The van der Waals surface area contributed by atoms with Gasteiger partial charge < -0.3 is 25.3 Å². The molecule has 19 heavy (non-hydrogen) atoms. The van der Waals surface area contributed by atoms with Gasteiger partial charge in [-0.25, -0.2) is 0 Å². The molecule has 0 saturated carbocycles. The molecule has 0 bridgehead atoms. The van der Waals surface area contributed by atoms with E-state index in [9.17, 15) is 4.79 Å². The van der Waals surface area contributed by atoms with Crippen molar-refractivity contribution in [2.75, 3.05) is 33.2 Å². The number of hydrogen-bond acceptors (Lipinski definition) is 5. The minimum atomic E-state index is -0.674. The van der Waals surface area contributed by atoms with Crippen LogP contribution < -0.4 is 20.5 Å². The van der Waals surface area contributed by atoms with E-state index in [1.165, 1.54) is 14.2 Å². The standard InChI is InChI=1S/C13H20N2O4/c1-8-5-10(17-2)11(18-3)6-9(8)15-13(16)12(7-14)19-4/h5-6,12H,7,14H2,1-4H3,(H,15,16). The van der Waals surface area contributed by atoms with E-state index < -0.39 is 6.10 Å². The molecule has 0 heterocycles. The third-order valence-electron chi connectivity index (χ3n) is 2.78. The molecule has 0 aliphatic rings. The van der Waals surface area contributed by atoms with Crippen LogP contribution in [0.4, 0.5) is 5.69 Å². The van der Waals surface area contributed by atoms with E-state index in [-0.39, 0.29) is 12.5 Å². The highest BCUT2D eigenvalue weighted by Crippen LogP contribution is 2.32. The average Bonchev–Trinajstić information content (AvgIpc) is 2.41. The smallest absolute Gasteiger partial charge is 0.254 e. The number of amides is 1. The van der Waals surface area contributed by atoms with Crippen molar-refractivity contribution in [2.45, 2.75) is 13.0 Å². The Labute approximate surface area is 112 Å². The van der Waals surface area contributed by atoms with E-state index in [0.717, 1.165) is 5.56 Å². The molecule has 6 nitrogen and oxygen atoms in total. The number of anilines is 1. The van der Waals surface area contributed by atoms with Crippen molar-refractivity contribution in [3.05, 3.63) is 17.7 Å². The van der Waals surface area contributed by atoms with Crippen molar-refractivity contribution in [3.63, 3.8) is 0 Å². The molecule has 1 aromatic rings. The van der Waals surface area contributed by atoms with Gasteiger partial charge in [-0.05, 0) is 18.6 Å². The van der Waals surface area contributed by atoms with Gasteiger partial charge in [0.25, 0.3) is 5.91 Å². The van der Waals surface area contributed by atoms with Crippen molar-refractivity contribution in [1.82, 2.24) is 0 Å². The number of rotatable bonds is 6. The van der Waals surface area contributed by atoms with Gasteiger partial charge in [-0.1, -0.05) is 0 Å². The number of benzene rings is 1. The largest absolute Gasteiger partial charge is 0.493 e. The van der Waals surface area contributed by atoms with Gasteiger partial charge in [0, 0.05) is 25.4 Å². The minimum absolute atomic E-state index is 0.120. The highest BCUT2D eigenvalue weighted by atomic mass is 16.5. The van der Waals surface area contributed by atoms with Gasteiger partial charge in [0.15, 0.2) is 11.5 Å². The fourth-order valence-corrected chi connectivity index (χ4v) is 1.64. The molecule has 1 amide bonds. The first-order valence-corrected chi connectivity index (χ1v) is 5.83. The highest BCUT2D eigenvalue weighted by Gasteiger charge is 2.17. The Bertz CT molecular complexity index is 445. The second-order valence-corrected chi connectivity index (χ2v) is 3.97. The second kappa shape index (κ2) is 6.96. The van der Waals surface area contributed by atoms with Gasteiger partial charge in [-0.3, -0.25) is 4.79 Å². The van der Waals surface area contributed by atoms with Crippen LogP contribution in [0.1, 0.15) is 5.56 Å². The summed E-state index contributed by atoms with van der Waals surface area (Å²) in [5.41, 5.74) is 6.94. The molecule has 0 aromatic heterocycles. The lowest BCUT2D eigenvalue weighted by Crippen LogP contribution is -2.36. The number of ether oxygens (including phenoxy) is 3. The van der Waals surface area contributed by atoms with Crippen LogP contribution in [-0.2, 0) is 9.53 Å². The zero-order chi connectivity index (χ0) is 14.4. The van der Waals surface area contributed by atoms with Crippen molar-refractivity contribution in [2.24, 2.45) is 5.73 Å². The molecule has 0 radical (unpaired) electrons. The highest BCUT2D eigenvalue weighted by molar-refractivity contribution is 5.95. The maximum absolute atomic E-state index is 11.9. The van der Waals surface area contributed by atoms with E-state index in [2.05, 4.69) is 5.32 Å². The SMILES string of the molecule is COc1cc(C)c(NC(=O)C(CN)OC)cc1OC. The number of nitrogens with two attached hydrogens (primary N) is 1. The van der Waals surface area contributed by atoms with Gasteiger partial charge in [-0.15, -0.1) is 0 Å². The molecule has 0 saturated heterocycles. The van der Waals surface area contributed by atoms with E-state index in [0.29, 0.717) is 17.2 Å². The van der Waals surface area contributed by atoms with Crippen LogP contribution in [0.25, 0.3) is 0 Å². The molecule has 0 aliphatic heterocycles. The van der Waals surface area contributed by atoms with Gasteiger partial charge in [0.1, 0.15) is 6.10 Å². The third-order valence-corrected chi connectivity index (χ3v) is 2.78. The quantitative estimate of drug-likeness (QED) is 0.801. The zero-order valence-corrected chi connectivity index (χ0v) is 11.6. The number of nitrogens with one attached hydrogen (secondary N) is 1. The number of methoxy groups -OCH3 is 3. The van der Waals surface area contributed by atoms with Crippen molar-refractivity contribution in [1.29, 1.82) is 0 Å². The fourth-order valence-electron chi connectivity index (χ4n) is 1.64. The predicted molar refractivity (Wildman–Crippen MR) is 72.8 cm³/mol. The molecule has 1 unspecified atom stereocenters. The lowest BCUT2D eigenvalue weighted by atomic mass is 10.1. The summed E-state index contributed by atoms with van der Waals surface area (Å²) in [5.74, 6) is 0.866. The summed E-state index contributed by atoms with van der Waals surface area (Å²) in [4.78, 5) is 11.9. The Morgan fingerprint density at radius 2 is 1.84 bits per heavy atom. The molecule has 0 spiro atoms. The second-order valence-electron chi connectivity index (χ2n) is 3.97. The van der Waals surface area contributed by atoms with Crippen molar-refractivity contribution in [3.8, 4) is 11.5 Å². The Hall–Kier alpha value is -1.79. The minimum Gasteiger partial charge on any atom is -0.493 e. The van der Waals surface area contributed by atoms with Crippen LogP contribution >= 0.6 is 0 Å². The first kappa shape index (κ1) is 15.3. The number of aryl methyl sites for hydroxylation is 1. The van der Waals surface area contributed by atoms with Crippen LogP contribution in [0.15, 0.2) is 12.1 Å². The zero-order valence-electron chi connectivity index (χ0n) is 11.6. The molecule has 1 rings (SSSR count). The maximum atomic E-state index is 11.9. The summed E-state index contributed by atoms with van der Waals surface area (Å²) in [6.45, 7) is 1.98. The van der Waals surface area contributed by atoms with Crippen LogP contribution in [0.5, 0.6) is 11.5 Å². The summed E-state index contributed by atoms with van der Waals surface area (Å²) >= 11 is 0. The Morgan fingerprint density at radius 3 is 2.32 bits per heavy atom. The molecule has 1 atom stereocenters. The third kappa shape index (κ3) is 3.59. The Balaban J connectivity index is 2.98. The summed E-state index contributed by atoms with van der Waals surface area (Å²) < 4.78 is 15.4. The van der Waals surface area contributed by atoms with E-state index in [4.69, 9.17) is 19.9 Å². The topological polar surface area (TPSA) is 82.8 Å². The van der Waals surface area contributed by atoms with Crippen LogP contribution in [-0.4, -0.2) is 39.9 Å². The van der Waals surface area contributed by atoms with Crippen molar-refractivity contribution < 1.29 is 19.0 Å². The predicted octanol–water partition coefficient (Wildman–Crippen LogP) is 0.924. The molecule has 0 fully saturated rings. The summed E-state index contributed by atoms with van der Waals surface area (Å²) in [5, 5.41) is 2.76. The fraction of sp³-hybridized carbons (Fsp3) is 0.462. The molecule has 3 N–H and O–H groups in total. The molecule has 1 aromatic carbocycles. The van der Waals surface area contributed by atoms with E-state index in [1.54, 1.807) is 19.2 Å². The average molecular weight is 268 g/mol. The number of carbonyl (C=O) groups is 1. The molecular weight excluding hydrogens is 248 g/mol. The first-order chi connectivity index (χ1) is 9.07.